The van der Waals surface area contributed by atoms with E-state index in [0.717, 1.165) is 42.3 Å². The molecule has 2 aliphatic rings. The van der Waals surface area contributed by atoms with Gasteiger partial charge in [-0.1, -0.05) is 18.2 Å². The highest BCUT2D eigenvalue weighted by atomic mass is 16.5. The van der Waals surface area contributed by atoms with Crippen molar-refractivity contribution in [1.82, 2.24) is 19.8 Å². The summed E-state index contributed by atoms with van der Waals surface area (Å²) in [5.41, 5.74) is 1.92. The van der Waals surface area contributed by atoms with Crippen LogP contribution < -0.4 is 9.64 Å². The highest BCUT2D eigenvalue weighted by molar-refractivity contribution is 5.91. The van der Waals surface area contributed by atoms with Crippen LogP contribution in [0.25, 0.3) is 0 Å². The number of hydrogen-bond acceptors (Lipinski definition) is 6. The zero-order valence-corrected chi connectivity index (χ0v) is 17.6. The van der Waals surface area contributed by atoms with Gasteiger partial charge in [-0.2, -0.15) is 0 Å². The number of aryl methyl sites for hydroxylation is 1. The van der Waals surface area contributed by atoms with E-state index in [2.05, 4.69) is 33.9 Å². The molecular weight excluding hydrogens is 366 g/mol. The van der Waals surface area contributed by atoms with E-state index < -0.39 is 0 Å². The second-order valence-corrected chi connectivity index (χ2v) is 8.20. The fourth-order valence-electron chi connectivity index (χ4n) is 3.88. The molecule has 1 atom stereocenters. The first-order chi connectivity index (χ1) is 13.9. The third-order valence-corrected chi connectivity index (χ3v) is 5.93. The summed E-state index contributed by atoms with van der Waals surface area (Å²) in [6.07, 6.45) is 1.12. The van der Waals surface area contributed by atoms with Gasteiger partial charge in [-0.05, 0) is 46.5 Å². The lowest BCUT2D eigenvalue weighted by Gasteiger charge is -2.38. The molecule has 1 aromatic carbocycles. The molecule has 7 nitrogen and oxygen atoms in total. The predicted molar refractivity (Wildman–Crippen MR) is 113 cm³/mol. The molecule has 1 amide bonds. The summed E-state index contributed by atoms with van der Waals surface area (Å²) in [6.45, 7) is 6.99. The van der Waals surface area contributed by atoms with E-state index in [1.807, 2.05) is 44.2 Å². The molecule has 0 radical (unpaired) electrons. The topological polar surface area (TPSA) is 61.8 Å². The lowest BCUT2D eigenvalue weighted by atomic mass is 10.1. The maximum atomic E-state index is 12.9. The minimum absolute atomic E-state index is 0.0202. The first-order valence-electron chi connectivity index (χ1n) is 10.2. The molecule has 0 unspecified atom stereocenters. The van der Waals surface area contributed by atoms with Gasteiger partial charge in [-0.25, -0.2) is 9.97 Å². The zero-order chi connectivity index (χ0) is 20.5. The van der Waals surface area contributed by atoms with Gasteiger partial charge in [-0.15, -0.1) is 0 Å². The van der Waals surface area contributed by atoms with Gasteiger partial charge in [0.25, 0.3) is 5.91 Å². The lowest BCUT2D eigenvalue weighted by molar-refractivity contribution is 0.0168. The SMILES string of the molecule is Cc1nc(C(=O)N2CC(Oc3ccccc3)C2)nc(N2CC[C@@H](N(C)C)C2)c1C. The molecule has 29 heavy (non-hydrogen) atoms. The van der Waals surface area contributed by atoms with Crippen LogP contribution in [0.2, 0.25) is 0 Å². The van der Waals surface area contributed by atoms with E-state index >= 15 is 0 Å². The molecular formula is C22H29N5O2. The first-order valence-corrected chi connectivity index (χ1v) is 10.2. The Morgan fingerprint density at radius 2 is 1.83 bits per heavy atom. The number of carbonyl (C=O) groups is 1. The Bertz CT molecular complexity index is 880. The fraction of sp³-hybridized carbons (Fsp3) is 0.500. The number of ether oxygens (including phenoxy) is 1. The van der Waals surface area contributed by atoms with Gasteiger partial charge in [0.15, 0.2) is 0 Å². The van der Waals surface area contributed by atoms with Crippen LogP contribution in [-0.2, 0) is 0 Å². The monoisotopic (exact) mass is 395 g/mol. The Morgan fingerprint density at radius 3 is 2.48 bits per heavy atom. The largest absolute Gasteiger partial charge is 0.487 e. The Labute approximate surface area is 172 Å². The van der Waals surface area contributed by atoms with Crippen molar-refractivity contribution < 1.29 is 9.53 Å². The average molecular weight is 396 g/mol. The summed E-state index contributed by atoms with van der Waals surface area (Å²) >= 11 is 0. The molecule has 3 heterocycles. The Morgan fingerprint density at radius 1 is 1.10 bits per heavy atom. The van der Waals surface area contributed by atoms with Crippen molar-refractivity contribution in [3.63, 3.8) is 0 Å². The number of likely N-dealkylation sites (tertiary alicyclic amines) is 1. The number of anilines is 1. The van der Waals surface area contributed by atoms with Gasteiger partial charge in [0.1, 0.15) is 17.7 Å². The predicted octanol–water partition coefficient (Wildman–Crippen LogP) is 2.14. The number of benzene rings is 1. The average Bonchev–Trinajstić information content (AvgIpc) is 3.17. The Hall–Kier alpha value is -2.67. The smallest absolute Gasteiger partial charge is 0.292 e. The van der Waals surface area contributed by atoms with E-state index in [4.69, 9.17) is 4.74 Å². The highest BCUT2D eigenvalue weighted by Gasteiger charge is 2.35. The summed E-state index contributed by atoms with van der Waals surface area (Å²) in [4.78, 5) is 28.4. The molecule has 0 saturated carbocycles. The van der Waals surface area contributed by atoms with Crippen LogP contribution in [0, 0.1) is 13.8 Å². The molecule has 154 valence electrons. The zero-order valence-electron chi connectivity index (χ0n) is 17.6. The fourth-order valence-corrected chi connectivity index (χ4v) is 3.88. The van der Waals surface area contributed by atoms with Crippen LogP contribution in [-0.4, -0.2) is 78.1 Å². The number of rotatable bonds is 5. The second kappa shape index (κ2) is 7.99. The Kier molecular flexibility index (Phi) is 5.41. The maximum Gasteiger partial charge on any atom is 0.292 e. The van der Waals surface area contributed by atoms with Gasteiger partial charge in [-0.3, -0.25) is 4.79 Å². The molecule has 1 aromatic heterocycles. The summed E-state index contributed by atoms with van der Waals surface area (Å²) in [7, 11) is 4.22. The van der Waals surface area contributed by atoms with Crippen molar-refractivity contribution in [3.8, 4) is 5.75 Å². The van der Waals surface area contributed by atoms with Crippen molar-refractivity contribution in [2.24, 2.45) is 0 Å². The van der Waals surface area contributed by atoms with Crippen LogP contribution in [0.5, 0.6) is 5.75 Å². The number of carbonyl (C=O) groups excluding carboxylic acids is 1. The van der Waals surface area contributed by atoms with Crippen molar-refractivity contribution in [1.29, 1.82) is 0 Å². The summed E-state index contributed by atoms with van der Waals surface area (Å²) in [6, 6.07) is 10.2. The van der Waals surface area contributed by atoms with Crippen molar-refractivity contribution >= 4 is 11.7 Å². The third-order valence-electron chi connectivity index (χ3n) is 5.93. The molecule has 4 rings (SSSR count). The number of hydrogen-bond donors (Lipinski definition) is 0. The van der Waals surface area contributed by atoms with E-state index in [1.54, 1.807) is 4.90 Å². The van der Waals surface area contributed by atoms with Crippen LogP contribution in [0.15, 0.2) is 30.3 Å². The Balaban J connectivity index is 1.44. The van der Waals surface area contributed by atoms with Gasteiger partial charge < -0.3 is 19.4 Å². The number of amides is 1. The molecule has 0 N–H and O–H groups in total. The maximum absolute atomic E-state index is 12.9. The van der Waals surface area contributed by atoms with E-state index in [0.29, 0.717) is 19.1 Å². The molecule has 7 heteroatoms. The minimum atomic E-state index is -0.120. The van der Waals surface area contributed by atoms with Crippen LogP contribution in [0.3, 0.4) is 0 Å². The molecule has 0 spiro atoms. The van der Waals surface area contributed by atoms with Crippen molar-refractivity contribution in [3.05, 3.63) is 47.4 Å². The minimum Gasteiger partial charge on any atom is -0.487 e. The standard InChI is InChI=1S/C22H29N5O2/c1-15-16(2)23-20(24-21(15)26-11-10-17(12-26)25(3)4)22(28)27-13-19(14-27)29-18-8-6-5-7-9-18/h5-9,17,19H,10-14H2,1-4H3/t17-/m1/s1. The van der Waals surface area contributed by atoms with Gasteiger partial charge >= 0.3 is 0 Å². The number of likely N-dealkylation sites (N-methyl/N-ethyl adjacent to an activating group) is 1. The normalized spacial score (nSPS) is 19.6. The molecule has 2 saturated heterocycles. The van der Waals surface area contributed by atoms with Gasteiger partial charge in [0.2, 0.25) is 5.82 Å². The van der Waals surface area contributed by atoms with Crippen LogP contribution in [0.4, 0.5) is 5.82 Å². The summed E-state index contributed by atoms with van der Waals surface area (Å²) < 4.78 is 5.90. The van der Waals surface area contributed by atoms with E-state index in [9.17, 15) is 4.79 Å². The molecule has 2 aliphatic heterocycles. The van der Waals surface area contributed by atoms with Crippen molar-refractivity contribution in [2.45, 2.75) is 32.4 Å². The molecule has 2 aromatic rings. The summed E-state index contributed by atoms with van der Waals surface area (Å²) in [5.74, 6) is 1.89. The highest BCUT2D eigenvalue weighted by Crippen LogP contribution is 2.26. The van der Waals surface area contributed by atoms with Crippen LogP contribution >= 0.6 is 0 Å². The quantitative estimate of drug-likeness (QED) is 0.773. The van der Waals surface area contributed by atoms with E-state index in [1.165, 1.54) is 0 Å². The van der Waals surface area contributed by atoms with Crippen LogP contribution in [0.1, 0.15) is 28.3 Å². The van der Waals surface area contributed by atoms with Crippen molar-refractivity contribution in [2.75, 3.05) is 45.2 Å². The number of aromatic nitrogens is 2. The summed E-state index contributed by atoms with van der Waals surface area (Å²) in [5, 5.41) is 0. The number of para-hydroxylation sites is 1. The third kappa shape index (κ3) is 4.05. The molecule has 0 aliphatic carbocycles. The van der Waals surface area contributed by atoms with E-state index in [-0.39, 0.29) is 17.8 Å². The first kappa shape index (κ1) is 19.6. The van der Waals surface area contributed by atoms with Gasteiger partial charge in [0, 0.05) is 30.4 Å². The number of nitrogens with zero attached hydrogens (tertiary/aromatic N) is 5. The molecule has 2 fully saturated rings. The second-order valence-electron chi connectivity index (χ2n) is 8.20. The van der Waals surface area contributed by atoms with Gasteiger partial charge in [0.05, 0.1) is 13.1 Å². The lowest BCUT2D eigenvalue weighted by Crippen LogP contribution is -2.56. The molecule has 0 bridgehead atoms.